The molecule has 2 heteroatoms. The second-order valence-corrected chi connectivity index (χ2v) is 6.48. The van der Waals surface area contributed by atoms with E-state index in [2.05, 4.69) is 61.5 Å². The molecule has 0 N–H and O–H groups in total. The topological polar surface area (TPSA) is 26.0 Å². The summed E-state index contributed by atoms with van der Waals surface area (Å²) >= 11 is 0. The predicted octanol–water partition coefficient (Wildman–Crippen LogP) is 6.75. The van der Waals surface area contributed by atoms with Crippen molar-refractivity contribution < 1.29 is 4.52 Å². The van der Waals surface area contributed by atoms with Crippen LogP contribution < -0.4 is 0 Å². The van der Waals surface area contributed by atoms with Gasteiger partial charge in [0.2, 0.25) is 0 Å². The number of hydrogen-bond donors (Lipinski definition) is 0. The van der Waals surface area contributed by atoms with Crippen LogP contribution in [0.3, 0.4) is 0 Å². The van der Waals surface area contributed by atoms with E-state index in [0.717, 1.165) is 29.0 Å². The summed E-state index contributed by atoms with van der Waals surface area (Å²) in [6, 6.07) is 25.0. The van der Waals surface area contributed by atoms with Crippen molar-refractivity contribution in [2.45, 2.75) is 20.3 Å². The standard InChI is InChI=1S/C24H21NO/c1-3-18(24-16-23(25-26-24)20-10-5-4-6-11-20)15-22-17(2)13-14-19-9-7-8-12-21(19)22/h4-16H,3H2,1-2H3/b18-15+. The van der Waals surface area contributed by atoms with E-state index in [-0.39, 0.29) is 0 Å². The van der Waals surface area contributed by atoms with Gasteiger partial charge in [-0.1, -0.05) is 78.8 Å². The van der Waals surface area contributed by atoms with Gasteiger partial charge in [-0.2, -0.15) is 0 Å². The van der Waals surface area contributed by atoms with E-state index >= 15 is 0 Å². The summed E-state index contributed by atoms with van der Waals surface area (Å²) in [5.41, 5.74) is 5.60. The number of aryl methyl sites for hydroxylation is 1. The van der Waals surface area contributed by atoms with Gasteiger partial charge in [-0.05, 0) is 46.9 Å². The van der Waals surface area contributed by atoms with Crippen molar-refractivity contribution in [2.75, 3.05) is 0 Å². The highest BCUT2D eigenvalue weighted by Gasteiger charge is 2.11. The Hall–Kier alpha value is -3.13. The zero-order valence-corrected chi connectivity index (χ0v) is 15.1. The first-order valence-electron chi connectivity index (χ1n) is 8.97. The molecule has 2 nitrogen and oxygen atoms in total. The molecule has 0 atom stereocenters. The number of rotatable bonds is 4. The summed E-state index contributed by atoms with van der Waals surface area (Å²) in [5.74, 6) is 0.832. The monoisotopic (exact) mass is 339 g/mol. The number of allylic oxidation sites excluding steroid dienone is 1. The van der Waals surface area contributed by atoms with Crippen molar-refractivity contribution in [1.29, 1.82) is 0 Å². The van der Waals surface area contributed by atoms with E-state index in [1.54, 1.807) is 0 Å². The van der Waals surface area contributed by atoms with Gasteiger partial charge in [0.15, 0.2) is 5.76 Å². The fourth-order valence-electron chi connectivity index (χ4n) is 3.29. The van der Waals surface area contributed by atoms with Crippen LogP contribution in [0.2, 0.25) is 0 Å². The van der Waals surface area contributed by atoms with Crippen molar-refractivity contribution in [3.63, 3.8) is 0 Å². The lowest BCUT2D eigenvalue weighted by atomic mass is 9.96. The van der Waals surface area contributed by atoms with E-state index in [0.29, 0.717) is 0 Å². The van der Waals surface area contributed by atoms with Gasteiger partial charge in [0.05, 0.1) is 0 Å². The van der Waals surface area contributed by atoms with Crippen molar-refractivity contribution in [3.8, 4) is 11.3 Å². The highest BCUT2D eigenvalue weighted by Crippen LogP contribution is 2.30. The minimum atomic E-state index is 0.832. The van der Waals surface area contributed by atoms with Crippen LogP contribution in [0.25, 0.3) is 33.7 Å². The first kappa shape index (κ1) is 16.3. The average molecular weight is 339 g/mol. The third kappa shape index (κ3) is 3.06. The molecule has 26 heavy (non-hydrogen) atoms. The number of nitrogens with zero attached hydrogens (tertiary/aromatic N) is 1. The molecule has 0 radical (unpaired) electrons. The van der Waals surface area contributed by atoms with Crippen LogP contribution in [0.15, 0.2) is 77.3 Å². The van der Waals surface area contributed by atoms with Crippen molar-refractivity contribution in [3.05, 3.63) is 89.7 Å². The summed E-state index contributed by atoms with van der Waals surface area (Å²) in [6.45, 7) is 4.30. The molecule has 0 unspecified atom stereocenters. The van der Waals surface area contributed by atoms with Crippen LogP contribution in [0.1, 0.15) is 30.2 Å². The van der Waals surface area contributed by atoms with Gasteiger partial charge in [-0.15, -0.1) is 0 Å². The van der Waals surface area contributed by atoms with Crippen LogP contribution in [-0.4, -0.2) is 5.16 Å². The first-order chi connectivity index (χ1) is 12.8. The van der Waals surface area contributed by atoms with Crippen molar-refractivity contribution in [2.24, 2.45) is 0 Å². The highest BCUT2D eigenvalue weighted by molar-refractivity contribution is 5.96. The van der Waals surface area contributed by atoms with Gasteiger partial charge in [0.25, 0.3) is 0 Å². The summed E-state index contributed by atoms with van der Waals surface area (Å²) in [4.78, 5) is 0. The van der Waals surface area contributed by atoms with Crippen LogP contribution in [0, 0.1) is 6.92 Å². The van der Waals surface area contributed by atoms with Gasteiger partial charge in [-0.3, -0.25) is 0 Å². The van der Waals surface area contributed by atoms with Crippen LogP contribution in [-0.2, 0) is 0 Å². The van der Waals surface area contributed by atoms with Gasteiger partial charge in [-0.25, -0.2) is 0 Å². The molecule has 0 bridgehead atoms. The zero-order valence-electron chi connectivity index (χ0n) is 15.1. The summed E-state index contributed by atoms with van der Waals surface area (Å²) < 4.78 is 5.68. The summed E-state index contributed by atoms with van der Waals surface area (Å²) in [7, 11) is 0. The van der Waals surface area contributed by atoms with E-state index in [1.165, 1.54) is 21.9 Å². The van der Waals surface area contributed by atoms with E-state index < -0.39 is 0 Å². The molecule has 4 aromatic rings. The maximum atomic E-state index is 5.68. The molecule has 128 valence electrons. The van der Waals surface area contributed by atoms with Crippen LogP contribution in [0.5, 0.6) is 0 Å². The molecule has 3 aromatic carbocycles. The van der Waals surface area contributed by atoms with E-state index in [1.807, 2.05) is 36.4 Å². The lowest BCUT2D eigenvalue weighted by Gasteiger charge is -2.08. The Labute approximate surface area is 153 Å². The third-order valence-corrected chi connectivity index (χ3v) is 4.78. The minimum Gasteiger partial charge on any atom is -0.356 e. The van der Waals surface area contributed by atoms with Crippen LogP contribution in [0.4, 0.5) is 0 Å². The summed E-state index contributed by atoms with van der Waals surface area (Å²) in [6.07, 6.45) is 3.12. The largest absolute Gasteiger partial charge is 0.356 e. The second kappa shape index (κ2) is 7.01. The minimum absolute atomic E-state index is 0.832. The second-order valence-electron chi connectivity index (χ2n) is 6.48. The Morgan fingerprint density at radius 1 is 0.962 bits per heavy atom. The number of fused-ring (bicyclic) bond motifs is 1. The zero-order chi connectivity index (χ0) is 17.9. The number of hydrogen-bond acceptors (Lipinski definition) is 2. The lowest BCUT2D eigenvalue weighted by Crippen LogP contribution is -1.87. The molecular formula is C24H21NO. The molecule has 4 rings (SSSR count). The Morgan fingerprint density at radius 3 is 2.54 bits per heavy atom. The van der Waals surface area contributed by atoms with Gasteiger partial charge in [0.1, 0.15) is 5.69 Å². The van der Waals surface area contributed by atoms with Crippen molar-refractivity contribution >= 4 is 22.4 Å². The van der Waals surface area contributed by atoms with E-state index in [4.69, 9.17) is 4.52 Å². The van der Waals surface area contributed by atoms with Gasteiger partial charge >= 0.3 is 0 Å². The summed E-state index contributed by atoms with van der Waals surface area (Å²) in [5, 5.41) is 6.78. The fraction of sp³-hybridized carbons (Fsp3) is 0.125. The Bertz CT molecular complexity index is 1070. The smallest absolute Gasteiger partial charge is 0.163 e. The SMILES string of the molecule is CC/C(=C\c1c(C)ccc2ccccc12)c1cc(-c2ccccc2)no1. The fourth-order valence-corrected chi connectivity index (χ4v) is 3.29. The number of benzene rings is 3. The maximum absolute atomic E-state index is 5.68. The molecule has 0 fully saturated rings. The predicted molar refractivity (Wildman–Crippen MR) is 109 cm³/mol. The van der Waals surface area contributed by atoms with Gasteiger partial charge < -0.3 is 4.52 Å². The molecule has 0 aliphatic carbocycles. The molecule has 1 aromatic heterocycles. The van der Waals surface area contributed by atoms with Gasteiger partial charge in [0, 0.05) is 11.6 Å². The molecule has 0 aliphatic heterocycles. The molecule has 1 heterocycles. The molecule has 0 amide bonds. The van der Waals surface area contributed by atoms with Crippen LogP contribution >= 0.6 is 0 Å². The molecular weight excluding hydrogens is 318 g/mol. The Balaban J connectivity index is 1.79. The Kier molecular flexibility index (Phi) is 4.40. The third-order valence-electron chi connectivity index (χ3n) is 4.78. The highest BCUT2D eigenvalue weighted by atomic mass is 16.5. The molecule has 0 aliphatic rings. The number of aromatic nitrogens is 1. The lowest BCUT2D eigenvalue weighted by molar-refractivity contribution is 0.412. The molecule has 0 saturated carbocycles. The molecule has 0 saturated heterocycles. The normalized spacial score (nSPS) is 11.8. The quantitative estimate of drug-likeness (QED) is 0.411. The van der Waals surface area contributed by atoms with E-state index in [9.17, 15) is 0 Å². The Morgan fingerprint density at radius 2 is 1.73 bits per heavy atom. The first-order valence-corrected chi connectivity index (χ1v) is 8.97. The average Bonchev–Trinajstić information content (AvgIpc) is 3.18. The van der Waals surface area contributed by atoms with Crippen molar-refractivity contribution in [1.82, 2.24) is 5.16 Å². The molecule has 0 spiro atoms. The maximum Gasteiger partial charge on any atom is 0.163 e.